The predicted molar refractivity (Wildman–Crippen MR) is 86.1 cm³/mol. The zero-order valence-electron chi connectivity index (χ0n) is 12.8. The molecule has 0 aliphatic carbocycles. The van der Waals surface area contributed by atoms with Crippen molar-refractivity contribution in [3.8, 4) is 11.5 Å². The monoisotopic (exact) mass is 297 g/mol. The predicted octanol–water partition coefficient (Wildman–Crippen LogP) is 3.08. The number of carbonyl (C=O) groups excluding carboxylic acids is 1. The molecular formula is C18H19NO3. The van der Waals surface area contributed by atoms with Crippen molar-refractivity contribution in [3.63, 3.8) is 0 Å². The Balaban J connectivity index is 1.95. The number of para-hydroxylation sites is 1. The Morgan fingerprint density at radius 2 is 1.73 bits per heavy atom. The van der Waals surface area contributed by atoms with Crippen molar-refractivity contribution < 1.29 is 14.3 Å². The average Bonchev–Trinajstić information content (AvgIpc) is 2.59. The standard InChI is InChI=1S/C18H19NO3/c1-21-17-9-13-7-8-19(11-15(13)10-18(17)22-2)16-6-4-3-5-14(16)12-20/h3-6,9-10,12H,7-8,11H2,1-2H3. The molecule has 114 valence electrons. The van der Waals surface area contributed by atoms with Crippen molar-refractivity contribution in [1.29, 1.82) is 0 Å². The molecule has 0 saturated heterocycles. The van der Waals surface area contributed by atoms with Crippen LogP contribution >= 0.6 is 0 Å². The first-order chi connectivity index (χ1) is 10.8. The molecule has 4 heteroatoms. The van der Waals surface area contributed by atoms with Gasteiger partial charge in [-0.2, -0.15) is 0 Å². The van der Waals surface area contributed by atoms with Crippen LogP contribution in [0.2, 0.25) is 0 Å². The maximum atomic E-state index is 11.2. The van der Waals surface area contributed by atoms with Crippen LogP contribution in [0.5, 0.6) is 11.5 Å². The van der Waals surface area contributed by atoms with E-state index in [-0.39, 0.29) is 0 Å². The van der Waals surface area contributed by atoms with Crippen LogP contribution < -0.4 is 14.4 Å². The van der Waals surface area contributed by atoms with Gasteiger partial charge in [0.15, 0.2) is 17.8 Å². The molecule has 0 spiro atoms. The fourth-order valence-corrected chi connectivity index (χ4v) is 2.96. The maximum absolute atomic E-state index is 11.2. The molecule has 1 heterocycles. The van der Waals surface area contributed by atoms with Crippen LogP contribution in [0.15, 0.2) is 36.4 Å². The summed E-state index contributed by atoms with van der Waals surface area (Å²) in [6, 6.07) is 11.8. The molecule has 4 nitrogen and oxygen atoms in total. The molecule has 0 aromatic heterocycles. The first kappa shape index (κ1) is 14.4. The second-order valence-electron chi connectivity index (χ2n) is 5.32. The molecule has 3 rings (SSSR count). The average molecular weight is 297 g/mol. The van der Waals surface area contributed by atoms with Gasteiger partial charge in [-0.3, -0.25) is 4.79 Å². The zero-order valence-corrected chi connectivity index (χ0v) is 12.8. The number of nitrogens with zero attached hydrogens (tertiary/aromatic N) is 1. The van der Waals surface area contributed by atoms with E-state index in [2.05, 4.69) is 11.0 Å². The molecule has 1 aliphatic rings. The van der Waals surface area contributed by atoms with Crippen LogP contribution in [0.1, 0.15) is 21.5 Å². The number of hydrogen-bond acceptors (Lipinski definition) is 4. The maximum Gasteiger partial charge on any atom is 0.161 e. The number of rotatable bonds is 4. The first-order valence-electron chi connectivity index (χ1n) is 7.29. The smallest absolute Gasteiger partial charge is 0.161 e. The lowest BCUT2D eigenvalue weighted by Crippen LogP contribution is -2.31. The molecule has 0 amide bonds. The minimum atomic E-state index is 0.728. The van der Waals surface area contributed by atoms with E-state index < -0.39 is 0 Å². The SMILES string of the molecule is COc1cc2c(cc1OC)CN(c1ccccc1C=O)CC2. The lowest BCUT2D eigenvalue weighted by Gasteiger charge is -2.32. The summed E-state index contributed by atoms with van der Waals surface area (Å²) >= 11 is 0. The Bertz CT molecular complexity index is 697. The Morgan fingerprint density at radius 1 is 1.05 bits per heavy atom. The van der Waals surface area contributed by atoms with Gasteiger partial charge in [-0.15, -0.1) is 0 Å². The normalized spacial score (nSPS) is 13.5. The summed E-state index contributed by atoms with van der Waals surface area (Å²) in [5.41, 5.74) is 4.20. The van der Waals surface area contributed by atoms with Crippen LogP contribution in [0.4, 0.5) is 5.69 Å². The van der Waals surface area contributed by atoms with E-state index in [0.29, 0.717) is 0 Å². The molecule has 2 aromatic carbocycles. The number of carbonyl (C=O) groups is 1. The molecule has 0 fully saturated rings. The van der Waals surface area contributed by atoms with Crippen molar-refractivity contribution >= 4 is 12.0 Å². The summed E-state index contributed by atoms with van der Waals surface area (Å²) in [7, 11) is 3.30. The van der Waals surface area contributed by atoms with Crippen molar-refractivity contribution in [3.05, 3.63) is 53.1 Å². The minimum absolute atomic E-state index is 0.728. The Kier molecular flexibility index (Phi) is 4.00. The molecule has 0 radical (unpaired) electrons. The molecule has 0 saturated carbocycles. The Morgan fingerprint density at radius 3 is 2.41 bits per heavy atom. The quantitative estimate of drug-likeness (QED) is 0.813. The van der Waals surface area contributed by atoms with E-state index in [1.807, 2.05) is 30.3 Å². The van der Waals surface area contributed by atoms with Gasteiger partial charge in [-0.25, -0.2) is 0 Å². The van der Waals surface area contributed by atoms with Crippen molar-refractivity contribution in [2.24, 2.45) is 0 Å². The number of hydrogen-bond donors (Lipinski definition) is 0. The van der Waals surface area contributed by atoms with Gasteiger partial charge in [-0.05, 0) is 41.8 Å². The minimum Gasteiger partial charge on any atom is -0.493 e. The molecule has 0 unspecified atom stereocenters. The molecule has 1 aliphatic heterocycles. The second-order valence-corrected chi connectivity index (χ2v) is 5.32. The Labute approximate surface area is 130 Å². The summed E-state index contributed by atoms with van der Waals surface area (Å²) in [6.45, 7) is 1.65. The summed E-state index contributed by atoms with van der Waals surface area (Å²) in [6.07, 6.45) is 1.84. The topological polar surface area (TPSA) is 38.8 Å². The van der Waals surface area contributed by atoms with Gasteiger partial charge in [0, 0.05) is 24.3 Å². The Hall–Kier alpha value is -2.49. The highest BCUT2D eigenvalue weighted by Gasteiger charge is 2.21. The van der Waals surface area contributed by atoms with Crippen LogP contribution in [0.3, 0.4) is 0 Å². The molecule has 0 atom stereocenters. The lowest BCUT2D eigenvalue weighted by atomic mass is 9.97. The summed E-state index contributed by atoms with van der Waals surface area (Å²) in [5, 5.41) is 0. The molecule has 22 heavy (non-hydrogen) atoms. The second kappa shape index (κ2) is 6.10. The number of aldehydes is 1. The van der Waals surface area contributed by atoms with Gasteiger partial charge in [-0.1, -0.05) is 12.1 Å². The van der Waals surface area contributed by atoms with E-state index >= 15 is 0 Å². The zero-order chi connectivity index (χ0) is 15.5. The first-order valence-corrected chi connectivity index (χ1v) is 7.29. The summed E-state index contributed by atoms with van der Waals surface area (Å²) < 4.78 is 10.8. The van der Waals surface area contributed by atoms with Crippen LogP contribution in [0.25, 0.3) is 0 Å². The van der Waals surface area contributed by atoms with Crippen molar-refractivity contribution in [2.45, 2.75) is 13.0 Å². The van der Waals surface area contributed by atoms with Gasteiger partial charge in [0.05, 0.1) is 14.2 Å². The van der Waals surface area contributed by atoms with E-state index in [1.165, 1.54) is 11.1 Å². The van der Waals surface area contributed by atoms with E-state index in [0.717, 1.165) is 48.5 Å². The third-order valence-corrected chi connectivity index (χ3v) is 4.12. The number of anilines is 1. The number of benzene rings is 2. The van der Waals surface area contributed by atoms with Crippen LogP contribution in [-0.2, 0) is 13.0 Å². The largest absolute Gasteiger partial charge is 0.493 e. The van der Waals surface area contributed by atoms with Crippen LogP contribution in [-0.4, -0.2) is 27.1 Å². The number of methoxy groups -OCH3 is 2. The molecular weight excluding hydrogens is 278 g/mol. The number of ether oxygens (including phenoxy) is 2. The highest BCUT2D eigenvalue weighted by Crippen LogP contribution is 2.34. The third-order valence-electron chi connectivity index (χ3n) is 4.12. The highest BCUT2D eigenvalue weighted by atomic mass is 16.5. The highest BCUT2D eigenvalue weighted by molar-refractivity contribution is 5.84. The van der Waals surface area contributed by atoms with Gasteiger partial charge < -0.3 is 14.4 Å². The van der Waals surface area contributed by atoms with E-state index in [4.69, 9.17) is 9.47 Å². The van der Waals surface area contributed by atoms with Crippen molar-refractivity contribution in [2.75, 3.05) is 25.7 Å². The molecule has 0 N–H and O–H groups in total. The molecule has 0 bridgehead atoms. The van der Waals surface area contributed by atoms with Gasteiger partial charge in [0.2, 0.25) is 0 Å². The summed E-state index contributed by atoms with van der Waals surface area (Å²) in [5.74, 6) is 1.51. The van der Waals surface area contributed by atoms with Crippen molar-refractivity contribution in [1.82, 2.24) is 0 Å². The van der Waals surface area contributed by atoms with Gasteiger partial charge in [0.25, 0.3) is 0 Å². The van der Waals surface area contributed by atoms with E-state index in [9.17, 15) is 4.79 Å². The van der Waals surface area contributed by atoms with Gasteiger partial charge >= 0.3 is 0 Å². The lowest BCUT2D eigenvalue weighted by molar-refractivity contribution is 0.112. The summed E-state index contributed by atoms with van der Waals surface area (Å²) in [4.78, 5) is 13.5. The third kappa shape index (κ3) is 2.52. The fraction of sp³-hybridized carbons (Fsp3) is 0.278. The fourth-order valence-electron chi connectivity index (χ4n) is 2.96. The molecule has 2 aromatic rings. The van der Waals surface area contributed by atoms with Crippen LogP contribution in [0, 0.1) is 0 Å². The van der Waals surface area contributed by atoms with Gasteiger partial charge in [0.1, 0.15) is 0 Å². The number of fused-ring (bicyclic) bond motifs is 1. The van der Waals surface area contributed by atoms with E-state index in [1.54, 1.807) is 14.2 Å².